The Labute approximate surface area is 336 Å². The molecule has 58 heavy (non-hydrogen) atoms. The maximum atomic E-state index is 2.47. The first-order valence-corrected chi connectivity index (χ1v) is 20.0. The largest absolute Gasteiger partial charge is 0.309 e. The van der Waals surface area contributed by atoms with Gasteiger partial charge in [-0.15, -0.1) is 0 Å². The van der Waals surface area contributed by atoms with Crippen molar-refractivity contribution in [3.63, 3.8) is 0 Å². The molecule has 0 atom stereocenters. The van der Waals surface area contributed by atoms with Gasteiger partial charge in [0.1, 0.15) is 0 Å². The zero-order valence-electron chi connectivity index (χ0n) is 31.7. The molecule has 0 aliphatic heterocycles. The normalized spacial score (nSPS) is 11.8. The van der Waals surface area contributed by atoms with Crippen molar-refractivity contribution in [2.75, 3.05) is 0 Å². The van der Waals surface area contributed by atoms with E-state index in [4.69, 9.17) is 0 Å². The molecule has 0 radical (unpaired) electrons. The summed E-state index contributed by atoms with van der Waals surface area (Å²) in [6.45, 7) is 0. The van der Waals surface area contributed by atoms with Crippen molar-refractivity contribution >= 4 is 65.2 Å². The summed E-state index contributed by atoms with van der Waals surface area (Å²) >= 11 is 0. The number of nitrogens with zero attached hydrogens (tertiary/aromatic N) is 2. The molecule has 12 aromatic rings. The summed E-state index contributed by atoms with van der Waals surface area (Å²) in [5.74, 6) is 0. The molecule has 0 saturated heterocycles. The fourth-order valence-corrected chi connectivity index (χ4v) is 9.39. The standard InChI is InChI=1S/C56H36N2/c1-3-14-37(15-4-1)40-27-30-54-50(33-40)51-34-41(38-16-5-2-6-17-38)28-31-55(51)57(54)44-32-42-19-8-9-21-45(42)49(36-44)43-26-29-48-47-23-11-12-24-53(47)58(56(48)35-43)52-25-13-20-39-18-7-10-22-46(39)52/h1-36H. The van der Waals surface area contributed by atoms with Gasteiger partial charge in [0, 0.05) is 32.6 Å². The smallest absolute Gasteiger partial charge is 0.0547 e. The van der Waals surface area contributed by atoms with Crippen molar-refractivity contribution in [2.24, 2.45) is 0 Å². The monoisotopic (exact) mass is 736 g/mol. The predicted molar refractivity (Wildman–Crippen MR) is 246 cm³/mol. The highest BCUT2D eigenvalue weighted by atomic mass is 15.0. The molecule has 0 aliphatic carbocycles. The molecule has 2 heteroatoms. The van der Waals surface area contributed by atoms with E-state index in [1.165, 1.54) is 104 Å². The Kier molecular flexibility index (Phi) is 7.26. The van der Waals surface area contributed by atoms with Crippen LogP contribution in [0.2, 0.25) is 0 Å². The Morgan fingerprint density at radius 2 is 0.776 bits per heavy atom. The molecule has 270 valence electrons. The van der Waals surface area contributed by atoms with Crippen LogP contribution >= 0.6 is 0 Å². The molecular weight excluding hydrogens is 701 g/mol. The molecule has 0 aliphatic rings. The van der Waals surface area contributed by atoms with Gasteiger partial charge in [-0.3, -0.25) is 0 Å². The maximum Gasteiger partial charge on any atom is 0.0547 e. The maximum absolute atomic E-state index is 2.47. The Balaban J connectivity index is 1.12. The van der Waals surface area contributed by atoms with Gasteiger partial charge < -0.3 is 9.13 Å². The van der Waals surface area contributed by atoms with Crippen molar-refractivity contribution in [1.82, 2.24) is 9.13 Å². The van der Waals surface area contributed by atoms with Crippen LogP contribution in [0.15, 0.2) is 218 Å². The Hall–Kier alpha value is -7.68. The second kappa shape index (κ2) is 12.9. The molecule has 2 aromatic heterocycles. The molecule has 0 spiro atoms. The van der Waals surface area contributed by atoms with E-state index >= 15 is 0 Å². The second-order valence-corrected chi connectivity index (χ2v) is 15.3. The summed E-state index contributed by atoms with van der Waals surface area (Å²) < 4.78 is 4.93. The second-order valence-electron chi connectivity index (χ2n) is 15.3. The minimum atomic E-state index is 1.14. The third-order valence-electron chi connectivity index (χ3n) is 12.1. The molecule has 0 fully saturated rings. The highest BCUT2D eigenvalue weighted by molar-refractivity contribution is 6.14. The molecule has 12 rings (SSSR count). The summed E-state index contributed by atoms with van der Waals surface area (Å²) in [4.78, 5) is 0. The number of aromatic nitrogens is 2. The van der Waals surface area contributed by atoms with E-state index in [0.29, 0.717) is 0 Å². The lowest BCUT2D eigenvalue weighted by atomic mass is 9.96. The number of fused-ring (bicyclic) bond motifs is 8. The topological polar surface area (TPSA) is 9.86 Å². The van der Waals surface area contributed by atoms with Gasteiger partial charge in [-0.25, -0.2) is 0 Å². The van der Waals surface area contributed by atoms with E-state index in [2.05, 4.69) is 228 Å². The lowest BCUT2D eigenvalue weighted by Crippen LogP contribution is -1.97. The van der Waals surface area contributed by atoms with E-state index in [1.807, 2.05) is 0 Å². The summed E-state index contributed by atoms with van der Waals surface area (Å²) in [7, 11) is 0. The van der Waals surface area contributed by atoms with E-state index in [0.717, 1.165) is 5.69 Å². The number of hydrogen-bond donors (Lipinski definition) is 0. The fraction of sp³-hybridized carbons (Fsp3) is 0. The third-order valence-corrected chi connectivity index (χ3v) is 12.1. The predicted octanol–water partition coefficient (Wildman–Crippen LogP) is 15.2. The molecule has 0 saturated carbocycles. The van der Waals surface area contributed by atoms with Gasteiger partial charge in [0.25, 0.3) is 0 Å². The number of rotatable bonds is 5. The molecule has 10 aromatic carbocycles. The van der Waals surface area contributed by atoms with Gasteiger partial charge in [-0.1, -0.05) is 164 Å². The quantitative estimate of drug-likeness (QED) is 0.167. The molecule has 0 unspecified atom stereocenters. The highest BCUT2D eigenvalue weighted by Gasteiger charge is 2.19. The summed E-state index contributed by atoms with van der Waals surface area (Å²) in [5.41, 5.74) is 14.4. The van der Waals surface area contributed by atoms with Crippen LogP contribution in [0.4, 0.5) is 0 Å². The first kappa shape index (κ1) is 32.6. The average Bonchev–Trinajstić information content (AvgIpc) is 3.80. The number of benzene rings is 10. The van der Waals surface area contributed by atoms with Crippen LogP contribution in [0.1, 0.15) is 0 Å². The van der Waals surface area contributed by atoms with Gasteiger partial charge in [0.15, 0.2) is 0 Å². The van der Waals surface area contributed by atoms with Gasteiger partial charge >= 0.3 is 0 Å². The van der Waals surface area contributed by atoms with Crippen LogP contribution in [0.5, 0.6) is 0 Å². The Bertz CT molecular complexity index is 3450. The van der Waals surface area contributed by atoms with Gasteiger partial charge in [-0.05, 0) is 104 Å². The van der Waals surface area contributed by atoms with Gasteiger partial charge in [0.05, 0.1) is 27.8 Å². The molecular formula is C56H36N2. The lowest BCUT2D eigenvalue weighted by Gasteiger charge is -2.15. The van der Waals surface area contributed by atoms with Crippen molar-refractivity contribution < 1.29 is 0 Å². The first-order chi connectivity index (χ1) is 28.8. The lowest BCUT2D eigenvalue weighted by molar-refractivity contribution is 1.19. The SMILES string of the molecule is c1ccc(-c2ccc3c(c2)c2cc(-c4ccccc4)ccc2n3-c2cc(-c3ccc4c5ccccc5n(-c5cccc6ccccc56)c4c3)c3ccccc3c2)cc1. The van der Waals surface area contributed by atoms with Crippen LogP contribution < -0.4 is 0 Å². The third kappa shape index (κ3) is 5.05. The van der Waals surface area contributed by atoms with Crippen molar-refractivity contribution in [2.45, 2.75) is 0 Å². The number of hydrogen-bond acceptors (Lipinski definition) is 0. The van der Waals surface area contributed by atoms with E-state index in [9.17, 15) is 0 Å². The molecule has 0 bridgehead atoms. The van der Waals surface area contributed by atoms with Crippen LogP contribution in [-0.4, -0.2) is 9.13 Å². The van der Waals surface area contributed by atoms with E-state index in [1.54, 1.807) is 0 Å². The average molecular weight is 737 g/mol. The van der Waals surface area contributed by atoms with Gasteiger partial charge in [-0.2, -0.15) is 0 Å². The zero-order valence-corrected chi connectivity index (χ0v) is 31.7. The zero-order chi connectivity index (χ0) is 38.2. The van der Waals surface area contributed by atoms with Crippen LogP contribution in [0.25, 0.3) is 110 Å². The van der Waals surface area contributed by atoms with E-state index in [-0.39, 0.29) is 0 Å². The summed E-state index contributed by atoms with van der Waals surface area (Å²) in [6, 6.07) is 80.1. The van der Waals surface area contributed by atoms with E-state index < -0.39 is 0 Å². The highest BCUT2D eigenvalue weighted by Crippen LogP contribution is 2.42. The minimum Gasteiger partial charge on any atom is -0.309 e. The fourth-order valence-electron chi connectivity index (χ4n) is 9.39. The molecule has 2 heterocycles. The molecule has 2 nitrogen and oxygen atoms in total. The Morgan fingerprint density at radius 3 is 1.48 bits per heavy atom. The van der Waals surface area contributed by atoms with Crippen molar-refractivity contribution in [1.29, 1.82) is 0 Å². The van der Waals surface area contributed by atoms with Crippen LogP contribution in [0.3, 0.4) is 0 Å². The Morgan fingerprint density at radius 1 is 0.241 bits per heavy atom. The summed E-state index contributed by atoms with van der Waals surface area (Å²) in [5, 5.41) is 9.90. The van der Waals surface area contributed by atoms with Crippen LogP contribution in [0, 0.1) is 0 Å². The van der Waals surface area contributed by atoms with Gasteiger partial charge in [0.2, 0.25) is 0 Å². The summed E-state index contributed by atoms with van der Waals surface area (Å²) in [6.07, 6.45) is 0. The van der Waals surface area contributed by atoms with Crippen molar-refractivity contribution in [3.8, 4) is 44.8 Å². The first-order valence-electron chi connectivity index (χ1n) is 20.0. The van der Waals surface area contributed by atoms with Crippen molar-refractivity contribution in [3.05, 3.63) is 218 Å². The number of para-hydroxylation sites is 1. The molecule has 0 N–H and O–H groups in total. The molecule has 0 amide bonds. The van der Waals surface area contributed by atoms with Crippen LogP contribution in [-0.2, 0) is 0 Å². The minimum absolute atomic E-state index is 1.14.